The lowest BCUT2D eigenvalue weighted by Gasteiger charge is -2.39. The Morgan fingerprint density at radius 3 is 2.26 bits per heavy atom. The molecule has 0 amide bonds. The van der Waals surface area contributed by atoms with Crippen molar-refractivity contribution in [1.29, 1.82) is 0 Å². The molecule has 0 bridgehead atoms. The van der Waals surface area contributed by atoms with Crippen LogP contribution in [0, 0.1) is 11.8 Å². The number of methoxy groups -OCH3 is 4. The maximum atomic E-state index is 10.7. The van der Waals surface area contributed by atoms with Gasteiger partial charge in [-0.15, -0.1) is 0 Å². The summed E-state index contributed by atoms with van der Waals surface area (Å²) in [6, 6.07) is 0. The molecule has 0 unspecified atom stereocenters. The average Bonchev–Trinajstić information content (AvgIpc) is 3.58. The zero-order valence-electron chi connectivity index (χ0n) is 20.3. The Morgan fingerprint density at radius 1 is 1.03 bits per heavy atom. The fraction of sp³-hybridized carbons (Fsp3) is 0.833. The Kier molecular flexibility index (Phi) is 10.6. The molecule has 2 heterocycles. The zero-order chi connectivity index (χ0) is 23.1. The number of allylic oxidation sites excluding steroid dienone is 2. The highest BCUT2D eigenvalue weighted by Crippen LogP contribution is 2.37. The fourth-order valence-electron chi connectivity index (χ4n) is 4.51. The minimum Gasteiger partial charge on any atom is -0.390 e. The predicted molar refractivity (Wildman–Crippen MR) is 119 cm³/mol. The van der Waals surface area contributed by atoms with Crippen molar-refractivity contribution in [3.63, 3.8) is 0 Å². The predicted octanol–water partition coefficient (Wildman–Crippen LogP) is 3.11. The van der Waals surface area contributed by atoms with Gasteiger partial charge in [0.25, 0.3) is 0 Å². The van der Waals surface area contributed by atoms with Gasteiger partial charge in [0.2, 0.25) is 0 Å². The van der Waals surface area contributed by atoms with Crippen molar-refractivity contribution in [3.05, 3.63) is 23.8 Å². The van der Waals surface area contributed by atoms with Gasteiger partial charge < -0.3 is 33.5 Å². The first kappa shape index (κ1) is 26.5. The highest BCUT2D eigenvalue weighted by atomic mass is 16.7. The van der Waals surface area contributed by atoms with Crippen LogP contribution in [0.1, 0.15) is 40.5 Å². The first-order chi connectivity index (χ1) is 14.8. The lowest BCUT2D eigenvalue weighted by atomic mass is 9.91. The maximum Gasteiger partial charge on any atom is 0.184 e. The van der Waals surface area contributed by atoms with Crippen molar-refractivity contribution in [2.45, 2.75) is 89.6 Å². The van der Waals surface area contributed by atoms with E-state index in [1.54, 1.807) is 28.4 Å². The van der Waals surface area contributed by atoms with Crippen molar-refractivity contribution < 1.29 is 33.5 Å². The van der Waals surface area contributed by atoms with Gasteiger partial charge in [0.1, 0.15) is 18.3 Å². The lowest BCUT2D eigenvalue weighted by Crippen LogP contribution is -2.49. The van der Waals surface area contributed by atoms with E-state index < -0.39 is 12.4 Å². The third-order valence-electron chi connectivity index (χ3n) is 6.69. The van der Waals surface area contributed by atoms with Gasteiger partial charge in [0.15, 0.2) is 6.29 Å². The minimum absolute atomic E-state index is 0.0380. The van der Waals surface area contributed by atoms with E-state index in [0.29, 0.717) is 6.42 Å². The summed E-state index contributed by atoms with van der Waals surface area (Å²) in [6.07, 6.45) is 6.18. The maximum absolute atomic E-state index is 10.7. The summed E-state index contributed by atoms with van der Waals surface area (Å²) in [5.41, 5.74) is 1.03. The van der Waals surface area contributed by atoms with Crippen molar-refractivity contribution in [1.82, 2.24) is 0 Å². The van der Waals surface area contributed by atoms with E-state index in [-0.39, 0.29) is 48.5 Å². The number of aliphatic hydroxyl groups is 1. The van der Waals surface area contributed by atoms with E-state index in [1.807, 2.05) is 32.1 Å². The molecule has 2 aliphatic heterocycles. The van der Waals surface area contributed by atoms with Crippen LogP contribution in [0.25, 0.3) is 0 Å². The van der Waals surface area contributed by atoms with Crippen molar-refractivity contribution in [2.24, 2.45) is 11.8 Å². The molecule has 2 rings (SSSR count). The first-order valence-electron chi connectivity index (χ1n) is 11.3. The molecule has 0 spiro atoms. The Morgan fingerprint density at radius 2 is 1.71 bits per heavy atom. The molecule has 0 aromatic rings. The molecule has 1 N–H and O–H groups in total. The number of rotatable bonds is 12. The molecule has 180 valence electrons. The Balaban J connectivity index is 1.93. The topological polar surface area (TPSA) is 78.9 Å². The minimum atomic E-state index is -0.551. The molecular weight excluding hydrogens is 400 g/mol. The third-order valence-corrected chi connectivity index (χ3v) is 6.69. The molecule has 0 radical (unpaired) electrons. The van der Waals surface area contributed by atoms with Crippen LogP contribution in [0.4, 0.5) is 0 Å². The van der Waals surface area contributed by atoms with Crippen molar-refractivity contribution in [2.75, 3.05) is 28.4 Å². The van der Waals surface area contributed by atoms with E-state index in [0.717, 1.165) is 12.0 Å². The number of hydrogen-bond donors (Lipinski definition) is 1. The Bertz CT molecular complexity index is 588. The molecular formula is C24H42O7. The fourth-order valence-corrected chi connectivity index (χ4v) is 4.51. The van der Waals surface area contributed by atoms with Crippen molar-refractivity contribution >= 4 is 0 Å². The van der Waals surface area contributed by atoms with Gasteiger partial charge in [-0.05, 0) is 18.9 Å². The van der Waals surface area contributed by atoms with Gasteiger partial charge in [-0.3, -0.25) is 0 Å². The average molecular weight is 443 g/mol. The number of ether oxygens (including phenoxy) is 6. The van der Waals surface area contributed by atoms with Crippen LogP contribution in [0.5, 0.6) is 0 Å². The molecule has 7 heteroatoms. The Labute approximate surface area is 187 Å². The monoisotopic (exact) mass is 442 g/mol. The van der Waals surface area contributed by atoms with Crippen LogP contribution in [0.2, 0.25) is 0 Å². The molecule has 0 saturated carbocycles. The van der Waals surface area contributed by atoms with Gasteiger partial charge in [-0.1, -0.05) is 39.0 Å². The van der Waals surface area contributed by atoms with Gasteiger partial charge in [-0.2, -0.15) is 0 Å². The van der Waals surface area contributed by atoms with Crippen molar-refractivity contribution in [3.8, 4) is 0 Å². The summed E-state index contributed by atoms with van der Waals surface area (Å²) in [4.78, 5) is 0. The molecule has 0 aromatic heterocycles. The van der Waals surface area contributed by atoms with Gasteiger partial charge in [-0.25, -0.2) is 0 Å². The molecule has 0 aliphatic carbocycles. The second-order valence-corrected chi connectivity index (χ2v) is 8.70. The highest BCUT2D eigenvalue weighted by Gasteiger charge is 2.50. The van der Waals surface area contributed by atoms with Gasteiger partial charge in [0, 0.05) is 46.7 Å². The van der Waals surface area contributed by atoms with Crippen LogP contribution in [-0.2, 0) is 28.4 Å². The van der Waals surface area contributed by atoms with E-state index >= 15 is 0 Å². The first-order valence-corrected chi connectivity index (χ1v) is 11.3. The summed E-state index contributed by atoms with van der Waals surface area (Å²) >= 11 is 0. The molecule has 0 aromatic carbocycles. The van der Waals surface area contributed by atoms with E-state index in [9.17, 15) is 5.11 Å². The quantitative estimate of drug-likeness (QED) is 0.367. The highest BCUT2D eigenvalue weighted by molar-refractivity contribution is 5.18. The summed E-state index contributed by atoms with van der Waals surface area (Å²) in [5.74, 6) is 0.219. The number of aliphatic hydroxyl groups excluding tert-OH is 1. The second-order valence-electron chi connectivity index (χ2n) is 8.70. The largest absolute Gasteiger partial charge is 0.390 e. The molecule has 7 nitrogen and oxygen atoms in total. The van der Waals surface area contributed by atoms with Crippen LogP contribution in [0.15, 0.2) is 23.8 Å². The van der Waals surface area contributed by atoms with Crippen LogP contribution < -0.4 is 0 Å². The summed E-state index contributed by atoms with van der Waals surface area (Å²) in [7, 11) is 6.68. The Hall–Kier alpha value is -0.800. The summed E-state index contributed by atoms with van der Waals surface area (Å²) in [5, 5.41) is 10.7. The molecule has 10 atom stereocenters. The lowest BCUT2D eigenvalue weighted by molar-refractivity contribution is -0.256. The normalized spacial score (nSPS) is 35.7. The van der Waals surface area contributed by atoms with Gasteiger partial charge >= 0.3 is 0 Å². The molecule has 31 heavy (non-hydrogen) atoms. The third kappa shape index (κ3) is 6.60. The number of hydrogen-bond acceptors (Lipinski definition) is 7. The van der Waals surface area contributed by atoms with Crippen LogP contribution >= 0.6 is 0 Å². The summed E-state index contributed by atoms with van der Waals surface area (Å²) < 4.78 is 33.9. The van der Waals surface area contributed by atoms with Crippen LogP contribution in [-0.4, -0.2) is 82.6 Å². The summed E-state index contributed by atoms with van der Waals surface area (Å²) in [6.45, 7) is 8.24. The standard InChI is InChI=1S/C24H42O7/c1-9-17(26-5)16(4)22-23(30-22)20(25)14(2)11-10-12-15(3)21-18(27-6)13-19(28-7)24(29-8)31-21/h10-12,14,16-25H,9,13H2,1-8H3/b11-10+,15-12+/t14-,16+,17-,18+,19+,20+,21+,22-,23-,24+/m0/s1. The molecule has 2 aliphatic rings. The van der Waals surface area contributed by atoms with E-state index in [4.69, 9.17) is 28.4 Å². The zero-order valence-corrected chi connectivity index (χ0v) is 20.3. The SMILES string of the molecule is CC[C@H](OC)[C@@H](C)[C@@H]1O[C@H]1[C@H](O)[C@@H](C)/C=C/C=C(\C)[C@H]1O[C@@H](OC)[C@H](OC)C[C@H]1OC. The smallest absolute Gasteiger partial charge is 0.184 e. The van der Waals surface area contributed by atoms with Gasteiger partial charge in [0.05, 0.1) is 24.4 Å². The number of epoxide rings is 1. The van der Waals surface area contributed by atoms with E-state index in [2.05, 4.69) is 13.8 Å². The van der Waals surface area contributed by atoms with E-state index in [1.165, 1.54) is 0 Å². The molecule has 2 saturated heterocycles. The van der Waals surface area contributed by atoms with Crippen LogP contribution in [0.3, 0.4) is 0 Å². The second kappa shape index (κ2) is 12.4. The molecule has 2 fully saturated rings.